The molecule has 2 N–H and O–H groups in total. The van der Waals surface area contributed by atoms with Crippen LogP contribution in [0.4, 0.5) is 4.39 Å². The molecule has 0 radical (unpaired) electrons. The molecule has 0 spiro atoms. The molecule has 0 aliphatic rings. The quantitative estimate of drug-likeness (QED) is 0.397. The molecule has 0 saturated heterocycles. The number of pyridine rings is 1. The van der Waals surface area contributed by atoms with Crippen LogP contribution in [0.3, 0.4) is 0 Å². The normalized spacial score (nSPS) is 12.1. The number of benzene rings is 1. The summed E-state index contributed by atoms with van der Waals surface area (Å²) in [6.45, 7) is 5.06. The van der Waals surface area contributed by atoms with Crippen molar-refractivity contribution in [1.29, 1.82) is 0 Å². The van der Waals surface area contributed by atoms with Crippen molar-refractivity contribution in [2.75, 3.05) is 13.6 Å². The van der Waals surface area contributed by atoms with Crippen LogP contribution in [0.1, 0.15) is 18.2 Å². The summed E-state index contributed by atoms with van der Waals surface area (Å²) in [5.74, 6) is 0.863. The standard InChI is InChI=1S/C18H23FN4O.HI/c1-13-6-5-9-21-17(13)12-23-18(20-3)22-11-14(2)24-16-8-4-7-15(19)10-16;/h4-10,14H,11-12H2,1-3H3,(H2,20,22,23);1H. The Morgan fingerprint density at radius 1 is 1.28 bits per heavy atom. The molecule has 0 fully saturated rings. The Hall–Kier alpha value is -1.90. The van der Waals surface area contributed by atoms with Gasteiger partial charge in [0.1, 0.15) is 17.7 Å². The van der Waals surface area contributed by atoms with Crippen molar-refractivity contribution in [2.24, 2.45) is 4.99 Å². The van der Waals surface area contributed by atoms with E-state index in [9.17, 15) is 4.39 Å². The predicted molar refractivity (Wildman–Crippen MR) is 109 cm³/mol. The van der Waals surface area contributed by atoms with Crippen LogP contribution in [0.2, 0.25) is 0 Å². The van der Waals surface area contributed by atoms with Crippen molar-refractivity contribution in [3.63, 3.8) is 0 Å². The number of aromatic nitrogens is 1. The van der Waals surface area contributed by atoms with E-state index < -0.39 is 0 Å². The highest BCUT2D eigenvalue weighted by atomic mass is 127. The smallest absolute Gasteiger partial charge is 0.191 e. The fourth-order valence-corrected chi connectivity index (χ4v) is 2.15. The monoisotopic (exact) mass is 458 g/mol. The largest absolute Gasteiger partial charge is 0.489 e. The number of rotatable bonds is 6. The lowest BCUT2D eigenvalue weighted by molar-refractivity contribution is 0.223. The SMILES string of the molecule is CN=C(NCc1ncccc1C)NCC(C)Oc1cccc(F)c1.I. The molecule has 1 unspecified atom stereocenters. The third-order valence-corrected chi connectivity index (χ3v) is 3.46. The van der Waals surface area contributed by atoms with E-state index in [1.807, 2.05) is 26.0 Å². The summed E-state index contributed by atoms with van der Waals surface area (Å²) in [5, 5.41) is 6.40. The molecule has 1 atom stereocenters. The number of hydrogen-bond acceptors (Lipinski definition) is 3. The van der Waals surface area contributed by atoms with Gasteiger partial charge in [-0.3, -0.25) is 9.98 Å². The predicted octanol–water partition coefficient (Wildman–Crippen LogP) is 3.28. The third kappa shape index (κ3) is 7.25. The number of ether oxygens (including phenoxy) is 1. The molecule has 0 bridgehead atoms. The van der Waals surface area contributed by atoms with Gasteiger partial charge >= 0.3 is 0 Å². The maximum atomic E-state index is 13.1. The minimum atomic E-state index is -0.309. The van der Waals surface area contributed by atoms with Gasteiger partial charge in [-0.25, -0.2) is 4.39 Å². The van der Waals surface area contributed by atoms with Crippen molar-refractivity contribution in [3.05, 3.63) is 59.7 Å². The van der Waals surface area contributed by atoms with Gasteiger partial charge in [-0.2, -0.15) is 0 Å². The second kappa shape index (κ2) is 10.9. The summed E-state index contributed by atoms with van der Waals surface area (Å²) in [6.07, 6.45) is 1.64. The van der Waals surface area contributed by atoms with E-state index in [-0.39, 0.29) is 35.9 Å². The Balaban J connectivity index is 0.00000312. The van der Waals surface area contributed by atoms with Crippen LogP contribution >= 0.6 is 24.0 Å². The summed E-state index contributed by atoms with van der Waals surface area (Å²) in [6, 6.07) is 10.1. The lowest BCUT2D eigenvalue weighted by Crippen LogP contribution is -2.41. The third-order valence-electron chi connectivity index (χ3n) is 3.46. The molecule has 136 valence electrons. The summed E-state index contributed by atoms with van der Waals surface area (Å²) < 4.78 is 18.8. The first-order valence-corrected chi connectivity index (χ1v) is 7.85. The van der Waals surface area contributed by atoms with E-state index in [1.54, 1.807) is 25.4 Å². The van der Waals surface area contributed by atoms with E-state index in [0.29, 0.717) is 24.8 Å². The van der Waals surface area contributed by atoms with Crippen LogP contribution in [0.5, 0.6) is 5.75 Å². The van der Waals surface area contributed by atoms with E-state index >= 15 is 0 Å². The number of hydrogen-bond donors (Lipinski definition) is 2. The van der Waals surface area contributed by atoms with Crippen molar-refractivity contribution in [2.45, 2.75) is 26.5 Å². The first kappa shape index (κ1) is 21.1. The molecule has 7 heteroatoms. The lowest BCUT2D eigenvalue weighted by Gasteiger charge is -2.18. The molecular weight excluding hydrogens is 434 g/mol. The van der Waals surface area contributed by atoms with E-state index in [2.05, 4.69) is 20.6 Å². The number of nitrogens with one attached hydrogen (secondary N) is 2. The number of nitrogens with zero attached hydrogens (tertiary/aromatic N) is 2. The number of aliphatic imine (C=N–C) groups is 1. The molecule has 1 aromatic carbocycles. The Bertz CT molecular complexity index is 696. The maximum Gasteiger partial charge on any atom is 0.191 e. The highest BCUT2D eigenvalue weighted by molar-refractivity contribution is 14.0. The zero-order valence-electron chi connectivity index (χ0n) is 14.6. The van der Waals surface area contributed by atoms with Crippen molar-refractivity contribution < 1.29 is 9.13 Å². The van der Waals surface area contributed by atoms with Gasteiger partial charge in [-0.15, -0.1) is 24.0 Å². The second-order valence-corrected chi connectivity index (χ2v) is 5.46. The van der Waals surface area contributed by atoms with Gasteiger partial charge in [0.05, 0.1) is 18.8 Å². The molecule has 1 aromatic heterocycles. The topological polar surface area (TPSA) is 58.5 Å². The number of aryl methyl sites for hydroxylation is 1. The average Bonchev–Trinajstić information content (AvgIpc) is 2.56. The van der Waals surface area contributed by atoms with Gasteiger partial charge in [0.2, 0.25) is 0 Å². The van der Waals surface area contributed by atoms with Crippen LogP contribution < -0.4 is 15.4 Å². The Morgan fingerprint density at radius 2 is 2.08 bits per heavy atom. The second-order valence-electron chi connectivity index (χ2n) is 5.46. The maximum absolute atomic E-state index is 13.1. The molecule has 1 heterocycles. The summed E-state index contributed by atoms with van der Waals surface area (Å²) in [4.78, 5) is 8.52. The fourth-order valence-electron chi connectivity index (χ4n) is 2.15. The molecule has 0 aliphatic heterocycles. The number of guanidine groups is 1. The fraction of sp³-hybridized carbons (Fsp3) is 0.333. The van der Waals surface area contributed by atoms with E-state index in [1.165, 1.54) is 12.1 Å². The Kier molecular flexibility index (Phi) is 9.18. The zero-order valence-corrected chi connectivity index (χ0v) is 17.0. The minimum Gasteiger partial charge on any atom is -0.489 e. The first-order chi connectivity index (χ1) is 11.6. The Morgan fingerprint density at radius 3 is 2.76 bits per heavy atom. The van der Waals surface area contributed by atoms with Gasteiger partial charge in [-0.1, -0.05) is 12.1 Å². The minimum absolute atomic E-state index is 0. The molecule has 25 heavy (non-hydrogen) atoms. The van der Waals surface area contributed by atoms with Gasteiger partial charge in [0.15, 0.2) is 5.96 Å². The summed E-state index contributed by atoms with van der Waals surface area (Å²) >= 11 is 0. The van der Waals surface area contributed by atoms with Crippen LogP contribution in [-0.2, 0) is 6.54 Å². The molecule has 0 aliphatic carbocycles. The van der Waals surface area contributed by atoms with E-state index in [0.717, 1.165) is 11.3 Å². The summed E-state index contributed by atoms with van der Waals surface area (Å²) in [7, 11) is 1.71. The molecule has 0 saturated carbocycles. The van der Waals surface area contributed by atoms with Crippen molar-refractivity contribution in [3.8, 4) is 5.75 Å². The molecule has 2 rings (SSSR count). The molecule has 5 nitrogen and oxygen atoms in total. The van der Waals surface area contributed by atoms with Crippen LogP contribution in [0, 0.1) is 12.7 Å². The molecular formula is C18H24FIN4O. The van der Waals surface area contributed by atoms with Gasteiger partial charge in [0, 0.05) is 19.3 Å². The van der Waals surface area contributed by atoms with E-state index in [4.69, 9.17) is 4.74 Å². The van der Waals surface area contributed by atoms with Crippen molar-refractivity contribution in [1.82, 2.24) is 15.6 Å². The highest BCUT2D eigenvalue weighted by Gasteiger charge is 2.07. The van der Waals surface area contributed by atoms with Crippen LogP contribution in [-0.4, -0.2) is 30.6 Å². The lowest BCUT2D eigenvalue weighted by atomic mass is 10.2. The van der Waals surface area contributed by atoms with Crippen LogP contribution in [0.25, 0.3) is 0 Å². The van der Waals surface area contributed by atoms with Crippen LogP contribution in [0.15, 0.2) is 47.6 Å². The molecule has 2 aromatic rings. The van der Waals surface area contributed by atoms with Gasteiger partial charge in [-0.05, 0) is 37.6 Å². The Labute approximate surface area is 165 Å². The zero-order chi connectivity index (χ0) is 17.4. The van der Waals surface area contributed by atoms with Crippen molar-refractivity contribution >= 4 is 29.9 Å². The first-order valence-electron chi connectivity index (χ1n) is 7.85. The number of halogens is 2. The van der Waals surface area contributed by atoms with Gasteiger partial charge < -0.3 is 15.4 Å². The van der Waals surface area contributed by atoms with Gasteiger partial charge in [0.25, 0.3) is 0 Å². The highest BCUT2D eigenvalue weighted by Crippen LogP contribution is 2.13. The average molecular weight is 458 g/mol. The summed E-state index contributed by atoms with van der Waals surface area (Å²) in [5.41, 5.74) is 2.10. The molecule has 0 amide bonds.